The van der Waals surface area contributed by atoms with E-state index in [1.807, 2.05) is 25.4 Å². The van der Waals surface area contributed by atoms with Crippen molar-refractivity contribution in [1.82, 2.24) is 25.4 Å². The van der Waals surface area contributed by atoms with E-state index in [2.05, 4.69) is 25.6 Å². The van der Waals surface area contributed by atoms with Crippen molar-refractivity contribution >= 4 is 36.5 Å². The molecule has 27 heavy (non-hydrogen) atoms. The van der Waals surface area contributed by atoms with E-state index in [0.717, 1.165) is 43.2 Å². The molecule has 0 radical (unpaired) electrons. The minimum absolute atomic E-state index is 0. The highest BCUT2D eigenvalue weighted by molar-refractivity contribution is 5.85. The summed E-state index contributed by atoms with van der Waals surface area (Å²) in [7, 11) is 3.60. The molecular weight excluding hydrogens is 391 g/mol. The zero-order valence-electron chi connectivity index (χ0n) is 15.4. The number of hydrogen-bond donors (Lipinski definition) is 2. The summed E-state index contributed by atoms with van der Waals surface area (Å²) < 4.78 is 7.06. The molecule has 1 saturated heterocycles. The monoisotopic (exact) mass is 416 g/mol. The maximum absolute atomic E-state index is 12.5. The molecule has 8 nitrogen and oxygen atoms in total. The van der Waals surface area contributed by atoms with Crippen molar-refractivity contribution in [2.45, 2.75) is 12.6 Å². The van der Waals surface area contributed by atoms with Gasteiger partial charge in [0.05, 0.1) is 19.4 Å². The number of carbonyl (C=O) groups excluding carboxylic acids is 1. The van der Waals surface area contributed by atoms with Crippen LogP contribution in [0.4, 0.5) is 5.82 Å². The lowest BCUT2D eigenvalue weighted by atomic mass is 10.1. The van der Waals surface area contributed by atoms with Gasteiger partial charge in [-0.2, -0.15) is 5.10 Å². The van der Waals surface area contributed by atoms with Gasteiger partial charge in [-0.3, -0.25) is 9.48 Å². The number of amides is 1. The second kappa shape index (κ2) is 11.1. The highest BCUT2D eigenvalue weighted by Gasteiger charge is 2.20. The van der Waals surface area contributed by atoms with Crippen LogP contribution >= 0.6 is 24.8 Å². The first-order chi connectivity index (χ1) is 12.2. The number of rotatable bonds is 6. The normalized spacial score (nSPS) is 14.7. The fourth-order valence-corrected chi connectivity index (χ4v) is 2.87. The van der Waals surface area contributed by atoms with Gasteiger partial charge in [0, 0.05) is 44.6 Å². The number of morpholine rings is 1. The van der Waals surface area contributed by atoms with Crippen LogP contribution in [0.2, 0.25) is 0 Å². The first-order valence-electron chi connectivity index (χ1n) is 8.38. The van der Waals surface area contributed by atoms with E-state index in [-0.39, 0.29) is 30.7 Å². The maximum atomic E-state index is 12.5. The van der Waals surface area contributed by atoms with Crippen molar-refractivity contribution in [2.75, 3.05) is 38.3 Å². The third kappa shape index (κ3) is 6.07. The van der Waals surface area contributed by atoms with Gasteiger partial charge in [-0.15, -0.1) is 24.8 Å². The van der Waals surface area contributed by atoms with E-state index in [1.165, 1.54) is 0 Å². The van der Waals surface area contributed by atoms with Crippen molar-refractivity contribution in [3.05, 3.63) is 41.9 Å². The minimum Gasteiger partial charge on any atom is -0.378 e. The molecule has 1 fully saturated rings. The number of halogens is 2. The van der Waals surface area contributed by atoms with Gasteiger partial charge in [0.1, 0.15) is 11.9 Å². The standard InChI is InChI=1S/C17H24N6O2.2ClH/c1-18-16(14-11-21-22(2)12-14)17(24)20-10-13-3-4-19-15(9-13)23-5-7-25-8-6-23;;/h3-4,9,11-12,16,18H,5-8,10H2,1-2H3,(H,20,24);2*1H. The highest BCUT2D eigenvalue weighted by atomic mass is 35.5. The molecule has 1 aliphatic rings. The van der Waals surface area contributed by atoms with E-state index in [9.17, 15) is 4.79 Å². The van der Waals surface area contributed by atoms with Gasteiger partial charge in [0.15, 0.2) is 0 Å². The number of likely N-dealkylation sites (N-methyl/N-ethyl adjacent to an activating group) is 1. The molecule has 2 aromatic rings. The molecule has 150 valence electrons. The summed E-state index contributed by atoms with van der Waals surface area (Å²) in [5.74, 6) is 0.840. The number of hydrogen-bond acceptors (Lipinski definition) is 6. The molecule has 2 aromatic heterocycles. The van der Waals surface area contributed by atoms with Crippen molar-refractivity contribution < 1.29 is 9.53 Å². The number of pyridine rings is 1. The van der Waals surface area contributed by atoms with Crippen LogP contribution in [0.3, 0.4) is 0 Å². The van der Waals surface area contributed by atoms with Crippen LogP contribution < -0.4 is 15.5 Å². The number of nitrogens with zero attached hydrogens (tertiary/aromatic N) is 4. The third-order valence-corrected chi connectivity index (χ3v) is 4.22. The number of carbonyl (C=O) groups is 1. The largest absolute Gasteiger partial charge is 0.378 e. The average Bonchev–Trinajstić information content (AvgIpc) is 3.07. The van der Waals surface area contributed by atoms with Crippen LogP contribution in [0.5, 0.6) is 0 Å². The van der Waals surface area contributed by atoms with Crippen LogP contribution in [-0.2, 0) is 23.1 Å². The molecule has 0 aromatic carbocycles. The molecule has 10 heteroatoms. The quantitative estimate of drug-likeness (QED) is 0.732. The van der Waals surface area contributed by atoms with Gasteiger partial charge in [-0.1, -0.05) is 0 Å². The Morgan fingerprint density at radius 2 is 2.07 bits per heavy atom. The van der Waals surface area contributed by atoms with Gasteiger partial charge in [-0.05, 0) is 24.7 Å². The Bertz CT molecular complexity index is 721. The summed E-state index contributed by atoms with van der Waals surface area (Å²) in [6.07, 6.45) is 5.32. The van der Waals surface area contributed by atoms with E-state index < -0.39 is 6.04 Å². The minimum atomic E-state index is -0.422. The van der Waals surface area contributed by atoms with Gasteiger partial charge in [0.2, 0.25) is 5.91 Å². The number of nitrogens with one attached hydrogen (secondary N) is 2. The molecule has 3 heterocycles. The Morgan fingerprint density at radius 3 is 2.70 bits per heavy atom. The second-order valence-electron chi connectivity index (χ2n) is 6.01. The molecular formula is C17H26Cl2N6O2. The lowest BCUT2D eigenvalue weighted by Crippen LogP contribution is -2.37. The Kier molecular flexibility index (Phi) is 9.51. The lowest BCUT2D eigenvalue weighted by molar-refractivity contribution is -0.123. The predicted octanol–water partition coefficient (Wildman–Crippen LogP) is 1.07. The Hall–Kier alpha value is -1.87. The molecule has 0 bridgehead atoms. The summed E-state index contributed by atoms with van der Waals surface area (Å²) in [4.78, 5) is 19.1. The summed E-state index contributed by atoms with van der Waals surface area (Å²) in [5, 5.41) is 10.1. The Labute approximate surface area is 171 Å². The molecule has 1 amide bonds. The summed E-state index contributed by atoms with van der Waals surface area (Å²) in [5.41, 5.74) is 1.86. The van der Waals surface area contributed by atoms with Crippen LogP contribution in [0.25, 0.3) is 0 Å². The Balaban J connectivity index is 0.00000182. The molecule has 1 aliphatic heterocycles. The number of aromatic nitrogens is 3. The number of aryl methyl sites for hydroxylation is 1. The first kappa shape index (κ1) is 23.2. The third-order valence-electron chi connectivity index (χ3n) is 4.22. The fourth-order valence-electron chi connectivity index (χ4n) is 2.87. The average molecular weight is 417 g/mol. The summed E-state index contributed by atoms with van der Waals surface area (Å²) >= 11 is 0. The molecule has 0 aliphatic carbocycles. The second-order valence-corrected chi connectivity index (χ2v) is 6.01. The molecule has 3 rings (SSSR count). The zero-order chi connectivity index (χ0) is 17.6. The summed E-state index contributed by atoms with van der Waals surface area (Å²) in [6, 6.07) is 3.52. The van der Waals surface area contributed by atoms with Crippen molar-refractivity contribution in [1.29, 1.82) is 0 Å². The van der Waals surface area contributed by atoms with Crippen LogP contribution in [0.1, 0.15) is 17.2 Å². The molecule has 2 N–H and O–H groups in total. The maximum Gasteiger partial charge on any atom is 0.242 e. The van der Waals surface area contributed by atoms with E-state index >= 15 is 0 Å². The number of ether oxygens (including phenoxy) is 1. The van der Waals surface area contributed by atoms with Crippen LogP contribution in [0, 0.1) is 0 Å². The van der Waals surface area contributed by atoms with Gasteiger partial charge >= 0.3 is 0 Å². The summed E-state index contributed by atoms with van der Waals surface area (Å²) in [6.45, 7) is 3.57. The van der Waals surface area contributed by atoms with Gasteiger partial charge < -0.3 is 20.3 Å². The van der Waals surface area contributed by atoms with E-state index in [4.69, 9.17) is 4.74 Å². The SMILES string of the molecule is CNC(C(=O)NCc1ccnc(N2CCOCC2)c1)c1cnn(C)c1.Cl.Cl. The smallest absolute Gasteiger partial charge is 0.242 e. The van der Waals surface area contributed by atoms with Crippen molar-refractivity contribution in [2.24, 2.45) is 7.05 Å². The van der Waals surface area contributed by atoms with Gasteiger partial charge in [0.25, 0.3) is 0 Å². The fraction of sp³-hybridized carbons (Fsp3) is 0.471. The van der Waals surface area contributed by atoms with E-state index in [1.54, 1.807) is 24.1 Å². The molecule has 0 spiro atoms. The lowest BCUT2D eigenvalue weighted by Gasteiger charge is -2.28. The Morgan fingerprint density at radius 1 is 1.33 bits per heavy atom. The number of anilines is 1. The van der Waals surface area contributed by atoms with Crippen molar-refractivity contribution in [3.63, 3.8) is 0 Å². The topological polar surface area (TPSA) is 84.3 Å². The molecule has 0 saturated carbocycles. The molecule has 1 atom stereocenters. The van der Waals surface area contributed by atoms with E-state index in [0.29, 0.717) is 6.54 Å². The van der Waals surface area contributed by atoms with Crippen LogP contribution in [0.15, 0.2) is 30.7 Å². The van der Waals surface area contributed by atoms with Crippen molar-refractivity contribution in [3.8, 4) is 0 Å². The first-order valence-corrected chi connectivity index (χ1v) is 8.38. The predicted molar refractivity (Wildman–Crippen MR) is 109 cm³/mol. The zero-order valence-corrected chi connectivity index (χ0v) is 17.1. The van der Waals surface area contributed by atoms with Gasteiger partial charge in [-0.25, -0.2) is 4.98 Å². The highest BCUT2D eigenvalue weighted by Crippen LogP contribution is 2.15. The van der Waals surface area contributed by atoms with Crippen LogP contribution in [-0.4, -0.2) is 54.0 Å². The molecule has 1 unspecified atom stereocenters.